The van der Waals surface area contributed by atoms with Crippen LogP contribution in [-0.2, 0) is 42.8 Å². The second kappa shape index (κ2) is 24.1. The SMILES string of the molecule is CC[C@H]1OC(=O)[C@H](C)[C@@H](O[C@@H]2C[C@](C)(OC)[C@H](O)[C@@H](C)O2)C[C@@H](O[C@H]2O[C@@H](C)C[C@H](N(C)C)C2O)C(C)(C)CCCN(CCCNC(=O)[C@@]2(O)[C@H](C)CC3C4C[C@H](F)C5=CC(=O)C=C[C@]5(C)[C@@]4(F)[C@@H](O)C[C@@]32C)[C@H](C)[C@H](O)[C@@]1(C)O. The number of carbonyl (C=O) groups is 3. The molecule has 7 aliphatic rings. The monoisotopic (exact) mass is 1140 g/mol. The molecule has 3 saturated heterocycles. The number of fused-ring (bicyclic) bond motifs is 5. The van der Waals surface area contributed by atoms with Crippen molar-refractivity contribution in [3.63, 3.8) is 0 Å². The smallest absolute Gasteiger partial charge is 0.311 e. The highest BCUT2D eigenvalue weighted by atomic mass is 19.1. The molecule has 0 aromatic rings. The zero-order chi connectivity index (χ0) is 59.6. The van der Waals surface area contributed by atoms with Crippen molar-refractivity contribution in [2.24, 2.45) is 39.9 Å². The molecule has 3 unspecified atom stereocenters. The Morgan fingerprint density at radius 1 is 0.912 bits per heavy atom. The van der Waals surface area contributed by atoms with E-state index in [1.54, 1.807) is 48.5 Å². The van der Waals surface area contributed by atoms with Gasteiger partial charge in [0.1, 0.15) is 36.2 Å². The van der Waals surface area contributed by atoms with Gasteiger partial charge < -0.3 is 69.3 Å². The van der Waals surface area contributed by atoms with Crippen LogP contribution in [0.2, 0.25) is 0 Å². The molecular formula is C60H99F2N3O15. The molecule has 3 heterocycles. The van der Waals surface area contributed by atoms with Gasteiger partial charge in [0.25, 0.3) is 5.91 Å². The van der Waals surface area contributed by atoms with Gasteiger partial charge in [-0.15, -0.1) is 0 Å². The van der Waals surface area contributed by atoms with Crippen molar-refractivity contribution in [1.82, 2.24) is 15.1 Å². The van der Waals surface area contributed by atoms with E-state index in [1.807, 2.05) is 44.7 Å². The van der Waals surface area contributed by atoms with Gasteiger partial charge in [-0.1, -0.05) is 40.7 Å². The van der Waals surface area contributed by atoms with E-state index >= 15 is 8.78 Å². The van der Waals surface area contributed by atoms with E-state index < -0.39 is 154 Å². The van der Waals surface area contributed by atoms with Gasteiger partial charge >= 0.3 is 5.97 Å². The summed E-state index contributed by atoms with van der Waals surface area (Å²) in [7, 11) is 5.29. The molecule has 18 nitrogen and oxygen atoms in total. The third-order valence-electron chi connectivity index (χ3n) is 21.3. The number of methoxy groups -OCH3 is 1. The maximum atomic E-state index is 17.9. The van der Waals surface area contributed by atoms with Gasteiger partial charge in [-0.2, -0.15) is 0 Å². The Bertz CT molecular complexity index is 2270. The Balaban J connectivity index is 1.13. The van der Waals surface area contributed by atoms with Crippen molar-refractivity contribution >= 4 is 17.7 Å². The first-order chi connectivity index (χ1) is 37.1. The number of alkyl halides is 2. The minimum Gasteiger partial charge on any atom is -0.459 e. The molecule has 0 spiro atoms. The zero-order valence-corrected chi connectivity index (χ0v) is 50.3. The average molecular weight is 1140 g/mol. The topological polar surface area (TPSA) is 246 Å². The Morgan fingerprint density at radius 3 is 2.23 bits per heavy atom. The number of amides is 1. The normalized spacial score (nSPS) is 48.7. The highest BCUT2D eigenvalue weighted by Gasteiger charge is 2.77. The fourth-order valence-electron chi connectivity index (χ4n) is 15.7. The van der Waals surface area contributed by atoms with E-state index in [1.165, 1.54) is 33.1 Å². The van der Waals surface area contributed by atoms with Gasteiger partial charge in [0.05, 0.1) is 42.0 Å². The van der Waals surface area contributed by atoms with Gasteiger partial charge in [-0.05, 0) is 155 Å². The van der Waals surface area contributed by atoms with E-state index in [0.29, 0.717) is 38.8 Å². The standard InChI is InChI=1S/C60H99F2N3O15/c1-16-45-58(12,73)49(69)35(5)65(24-18-22-63-53(72)60(74)32(2)25-38-39-28-41(61)40-27-37(66)19-21-55(40,9)59(39,62)44(67)30-56(38,60)10)23-17-20-54(7,8)46(80-52-48(68)42(64(13)14)26-33(3)76-52)29-43(34(4)51(71)79-45)78-47-31-57(11,75-15)50(70)36(6)77-47/h19,21,27,32-36,38-39,41-50,52,67-70,73-74H,16-18,20,22-26,28-31H2,1-15H3,(H,63,72)/t32-,33+,34-,35-,36-,38?,39?,41+,42+,43+,44+,45-,46-,47-,48?,49+,50-,52-,55+,56+,57+,58+,59+,60+/m1/s1. The molecule has 80 heavy (non-hydrogen) atoms. The number of ether oxygens (including phenoxy) is 6. The lowest BCUT2D eigenvalue weighted by molar-refractivity contribution is -0.303. The minimum absolute atomic E-state index is 0.00289. The summed E-state index contributed by atoms with van der Waals surface area (Å²) < 4.78 is 72.3. The van der Waals surface area contributed by atoms with Crippen LogP contribution in [0.5, 0.6) is 0 Å². The van der Waals surface area contributed by atoms with Crippen molar-refractivity contribution in [1.29, 1.82) is 0 Å². The largest absolute Gasteiger partial charge is 0.459 e. The molecule has 3 aliphatic heterocycles. The number of nitrogens with one attached hydrogen (secondary N) is 1. The van der Waals surface area contributed by atoms with Crippen LogP contribution in [-0.4, -0.2) is 207 Å². The first kappa shape index (κ1) is 65.0. The van der Waals surface area contributed by atoms with Crippen LogP contribution in [0.4, 0.5) is 8.78 Å². The molecule has 1 amide bonds. The summed E-state index contributed by atoms with van der Waals surface area (Å²) in [5.74, 6) is -5.28. The van der Waals surface area contributed by atoms with Gasteiger partial charge in [0.2, 0.25) is 0 Å². The molecule has 3 saturated carbocycles. The molecule has 7 N–H and O–H groups in total. The predicted octanol–water partition coefficient (Wildman–Crippen LogP) is 4.86. The summed E-state index contributed by atoms with van der Waals surface area (Å²) >= 11 is 0. The maximum absolute atomic E-state index is 17.9. The van der Waals surface area contributed by atoms with Crippen molar-refractivity contribution in [3.8, 4) is 0 Å². The van der Waals surface area contributed by atoms with Crippen LogP contribution in [0.3, 0.4) is 0 Å². The zero-order valence-electron chi connectivity index (χ0n) is 50.3. The van der Waals surface area contributed by atoms with Crippen molar-refractivity contribution in [2.45, 2.75) is 256 Å². The summed E-state index contributed by atoms with van der Waals surface area (Å²) in [6.07, 6.45) is -6.99. The molecule has 6 fully saturated rings. The summed E-state index contributed by atoms with van der Waals surface area (Å²) in [5, 5.41) is 74.9. The van der Waals surface area contributed by atoms with Crippen LogP contribution >= 0.6 is 0 Å². The number of rotatable bonds is 12. The lowest BCUT2D eigenvalue weighted by atomic mass is 9.44. The second-order valence-corrected chi connectivity index (χ2v) is 27.1. The maximum Gasteiger partial charge on any atom is 0.311 e. The summed E-state index contributed by atoms with van der Waals surface area (Å²) in [6.45, 7) is 21.8. The van der Waals surface area contributed by atoms with Crippen LogP contribution in [0.15, 0.2) is 23.8 Å². The number of allylic oxidation sites excluding steroid dienone is 4. The number of cyclic esters (lactones) is 1. The fourth-order valence-corrected chi connectivity index (χ4v) is 15.7. The van der Waals surface area contributed by atoms with Crippen LogP contribution in [0.1, 0.15) is 147 Å². The molecule has 20 heteroatoms. The third kappa shape index (κ3) is 11.5. The molecule has 0 aromatic carbocycles. The van der Waals surface area contributed by atoms with Crippen LogP contribution in [0, 0.1) is 39.9 Å². The van der Waals surface area contributed by atoms with E-state index in [9.17, 15) is 45.0 Å². The fraction of sp³-hybridized carbons (Fsp3) is 0.883. The molecule has 0 radical (unpaired) electrons. The first-order valence-electron chi connectivity index (χ1n) is 29.6. The van der Waals surface area contributed by atoms with Gasteiger partial charge in [0, 0.05) is 61.9 Å². The number of esters is 1. The van der Waals surface area contributed by atoms with Crippen LogP contribution < -0.4 is 5.32 Å². The number of carbonyl (C=O) groups excluding carboxylic acids is 3. The van der Waals surface area contributed by atoms with E-state index in [-0.39, 0.29) is 62.8 Å². The highest BCUT2D eigenvalue weighted by molar-refractivity contribution is 6.01. The van der Waals surface area contributed by atoms with Gasteiger partial charge in [0.15, 0.2) is 29.6 Å². The molecule has 0 bridgehead atoms. The predicted molar refractivity (Wildman–Crippen MR) is 293 cm³/mol. The first-order valence-corrected chi connectivity index (χ1v) is 29.6. The third-order valence-corrected chi connectivity index (χ3v) is 21.3. The molecule has 24 atom stereocenters. The average Bonchev–Trinajstić information content (AvgIpc) is 3.62. The molecule has 4 aliphatic carbocycles. The van der Waals surface area contributed by atoms with Gasteiger partial charge in [-0.25, -0.2) is 8.78 Å². The number of ketones is 1. The van der Waals surface area contributed by atoms with Crippen molar-refractivity contribution in [2.75, 3.05) is 40.8 Å². The van der Waals surface area contributed by atoms with E-state index in [4.69, 9.17) is 28.4 Å². The Hall–Kier alpha value is -2.57. The number of hydrogen-bond donors (Lipinski definition) is 7. The number of hydrogen-bond acceptors (Lipinski definition) is 17. The Kier molecular flexibility index (Phi) is 19.5. The minimum atomic E-state index is -2.37. The summed E-state index contributed by atoms with van der Waals surface area (Å²) in [6, 6.07) is -1.01. The number of likely N-dealkylation sites (N-methyl/N-ethyl adjacent to an activating group) is 1. The summed E-state index contributed by atoms with van der Waals surface area (Å²) in [4.78, 5) is 45.5. The molecule has 458 valence electrons. The Morgan fingerprint density at radius 2 is 1.59 bits per heavy atom. The van der Waals surface area contributed by atoms with E-state index in [0.717, 1.165) is 6.08 Å². The van der Waals surface area contributed by atoms with Gasteiger partial charge in [-0.3, -0.25) is 19.3 Å². The lowest BCUT2D eigenvalue weighted by Crippen LogP contribution is -2.71. The number of aliphatic hydroxyl groups is 6. The number of nitrogens with zero attached hydrogens (tertiary/aromatic N) is 2. The lowest BCUT2D eigenvalue weighted by Gasteiger charge is -2.63. The van der Waals surface area contributed by atoms with Crippen molar-refractivity contribution in [3.05, 3.63) is 23.8 Å². The quantitative estimate of drug-likeness (QED) is 0.102. The number of aliphatic hydroxyl groups excluding tert-OH is 4. The van der Waals surface area contributed by atoms with E-state index in [2.05, 4.69) is 5.32 Å². The Labute approximate surface area is 473 Å². The second-order valence-electron chi connectivity index (χ2n) is 27.1. The molecule has 0 aromatic heterocycles. The van der Waals surface area contributed by atoms with Crippen LogP contribution in [0.25, 0.3) is 0 Å². The summed E-state index contributed by atoms with van der Waals surface area (Å²) in [5.41, 5.74) is -11.1. The molecular weight excluding hydrogens is 1040 g/mol. The number of halogens is 2. The van der Waals surface area contributed by atoms with Crippen molar-refractivity contribution < 1.29 is 82.2 Å². The molecule has 7 rings (SSSR count). The highest BCUT2D eigenvalue weighted by Crippen LogP contribution is 2.71.